The number of hydrogen-bond donors (Lipinski definition) is 0. The Bertz CT molecular complexity index is 2950. The van der Waals surface area contributed by atoms with Crippen molar-refractivity contribution in [2.24, 2.45) is 0 Å². The normalized spacial score (nSPS) is 14.2. The molecule has 0 heterocycles. The lowest BCUT2D eigenvalue weighted by Crippen LogP contribution is -2.15. The van der Waals surface area contributed by atoms with Crippen LogP contribution < -0.4 is 0 Å². The Morgan fingerprint density at radius 1 is 0.358 bits per heavy atom. The summed E-state index contributed by atoms with van der Waals surface area (Å²) in [7, 11) is 0. The van der Waals surface area contributed by atoms with Crippen LogP contribution in [-0.2, 0) is 18.3 Å². The lowest BCUT2D eigenvalue weighted by Gasteiger charge is -2.23. The van der Waals surface area contributed by atoms with Gasteiger partial charge < -0.3 is 0 Å². The van der Waals surface area contributed by atoms with Gasteiger partial charge in [0.25, 0.3) is 0 Å². The second-order valence-electron chi connectivity index (χ2n) is 15.6. The lowest BCUT2D eigenvalue weighted by atomic mass is 9.80. The molecule has 0 N–H and O–H groups in total. The third kappa shape index (κ3) is 4.62. The molecule has 11 rings (SSSR count). The zero-order valence-electron chi connectivity index (χ0n) is 30.1. The van der Waals surface area contributed by atoms with E-state index >= 15 is 0 Å². The maximum atomic E-state index is 2.45. The minimum atomic E-state index is -0.101. The third-order valence-electron chi connectivity index (χ3n) is 12.3. The van der Waals surface area contributed by atoms with Crippen molar-refractivity contribution in [3.05, 3.63) is 192 Å². The van der Waals surface area contributed by atoms with Gasteiger partial charge in [0.1, 0.15) is 0 Å². The van der Waals surface area contributed by atoms with Gasteiger partial charge in [-0.15, -0.1) is 0 Å². The fraction of sp³-hybridized carbons (Fsp3) is 0.0943. The van der Waals surface area contributed by atoms with E-state index in [1.807, 2.05) is 0 Å². The van der Waals surface area contributed by atoms with Crippen molar-refractivity contribution in [3.8, 4) is 55.6 Å². The molecule has 9 aromatic rings. The zero-order valence-corrected chi connectivity index (χ0v) is 30.1. The molecule has 0 atom stereocenters. The Hall–Kier alpha value is -6.24. The molecular weight excluding hydrogens is 637 g/mol. The van der Waals surface area contributed by atoms with E-state index in [1.165, 1.54) is 110 Å². The summed E-state index contributed by atoms with van der Waals surface area (Å²) in [6.45, 7) is 4.79. The van der Waals surface area contributed by atoms with Gasteiger partial charge in [-0.1, -0.05) is 166 Å². The van der Waals surface area contributed by atoms with Crippen molar-refractivity contribution in [3.63, 3.8) is 0 Å². The van der Waals surface area contributed by atoms with Gasteiger partial charge in [0, 0.05) is 5.41 Å². The van der Waals surface area contributed by atoms with Gasteiger partial charge in [-0.2, -0.15) is 0 Å². The maximum absolute atomic E-state index is 2.45. The third-order valence-corrected chi connectivity index (χ3v) is 12.3. The van der Waals surface area contributed by atoms with Crippen LogP contribution in [0, 0.1) is 0 Å². The van der Waals surface area contributed by atoms with Crippen molar-refractivity contribution >= 4 is 32.3 Å². The second kappa shape index (κ2) is 11.4. The fourth-order valence-electron chi connectivity index (χ4n) is 9.50. The quantitative estimate of drug-likeness (QED) is 0.129. The van der Waals surface area contributed by atoms with Crippen LogP contribution in [0.25, 0.3) is 88.0 Å². The van der Waals surface area contributed by atoms with Gasteiger partial charge in [-0.25, -0.2) is 0 Å². The van der Waals surface area contributed by atoms with Gasteiger partial charge in [0.15, 0.2) is 0 Å². The molecule has 0 radical (unpaired) electrons. The SMILES string of the molecule is CC1(C)c2cc(-c3cccc(-c4ccc5ccc6c(-c7ccccc7)ccc7ccc4c5c76)c3)ccc2-c2ccc(-c3ccc4c(c3)CC=CC4)cc21. The van der Waals surface area contributed by atoms with E-state index in [2.05, 4.69) is 184 Å². The zero-order chi connectivity index (χ0) is 35.3. The largest absolute Gasteiger partial charge is 0.0838 e. The first-order chi connectivity index (χ1) is 26.0. The number of allylic oxidation sites excluding steroid dienone is 2. The predicted molar refractivity (Wildman–Crippen MR) is 226 cm³/mol. The highest BCUT2D eigenvalue weighted by atomic mass is 14.4. The fourth-order valence-corrected chi connectivity index (χ4v) is 9.50. The van der Waals surface area contributed by atoms with Gasteiger partial charge in [-0.3, -0.25) is 0 Å². The molecule has 0 bridgehead atoms. The summed E-state index contributed by atoms with van der Waals surface area (Å²) >= 11 is 0. The first-order valence-electron chi connectivity index (χ1n) is 18.9. The van der Waals surface area contributed by atoms with E-state index in [9.17, 15) is 0 Å². The summed E-state index contributed by atoms with van der Waals surface area (Å²) in [4.78, 5) is 0. The summed E-state index contributed by atoms with van der Waals surface area (Å²) < 4.78 is 0. The van der Waals surface area contributed by atoms with E-state index in [4.69, 9.17) is 0 Å². The van der Waals surface area contributed by atoms with E-state index < -0.39 is 0 Å². The van der Waals surface area contributed by atoms with Crippen molar-refractivity contribution in [1.29, 1.82) is 0 Å². The molecule has 0 amide bonds. The highest BCUT2D eigenvalue weighted by Crippen LogP contribution is 2.51. The lowest BCUT2D eigenvalue weighted by molar-refractivity contribution is 0.661. The summed E-state index contributed by atoms with van der Waals surface area (Å²) in [5, 5.41) is 7.90. The van der Waals surface area contributed by atoms with Crippen LogP contribution in [0.1, 0.15) is 36.1 Å². The van der Waals surface area contributed by atoms with Crippen LogP contribution in [0.4, 0.5) is 0 Å². The molecule has 0 unspecified atom stereocenters. The molecule has 0 aromatic heterocycles. The highest BCUT2D eigenvalue weighted by molar-refractivity contribution is 6.27. The standard InChI is InChI=1S/C53H38/c1-53(2)49-31-40(21-25-45(49)46-26-22-41(32-50(46)53)39-16-15-33-9-6-7-12-37(33)29-39)38-13-8-14-42(30-38)44-24-18-36-19-27-47-43(34-10-4-3-5-11-34)23-17-35-20-28-48(44)52(36)51(35)47/h3-8,10-11,13-32H,9,12H2,1-2H3. The van der Waals surface area contributed by atoms with Gasteiger partial charge in [-0.05, 0) is 141 Å². The molecule has 9 aromatic carbocycles. The Balaban J connectivity index is 0.985. The minimum Gasteiger partial charge on any atom is -0.0838 e. The average Bonchev–Trinajstić information content (AvgIpc) is 3.44. The van der Waals surface area contributed by atoms with Crippen LogP contribution in [0.5, 0.6) is 0 Å². The van der Waals surface area contributed by atoms with E-state index in [-0.39, 0.29) is 5.41 Å². The van der Waals surface area contributed by atoms with Crippen molar-refractivity contribution < 1.29 is 0 Å². The molecule has 2 aliphatic carbocycles. The number of rotatable bonds is 4. The van der Waals surface area contributed by atoms with Crippen LogP contribution >= 0.6 is 0 Å². The maximum Gasteiger partial charge on any atom is 0.0159 e. The summed E-state index contributed by atoms with van der Waals surface area (Å²) in [6.07, 6.45) is 6.66. The number of fused-ring (bicyclic) bond motifs is 4. The number of hydrogen-bond acceptors (Lipinski definition) is 0. The molecule has 0 fully saturated rings. The molecule has 0 saturated carbocycles. The topological polar surface area (TPSA) is 0 Å². The van der Waals surface area contributed by atoms with E-state index in [0.717, 1.165) is 12.8 Å². The Morgan fingerprint density at radius 3 is 1.51 bits per heavy atom. The predicted octanol–water partition coefficient (Wildman–Crippen LogP) is 14.2. The monoisotopic (exact) mass is 674 g/mol. The first-order valence-corrected chi connectivity index (χ1v) is 18.9. The molecule has 0 saturated heterocycles. The van der Waals surface area contributed by atoms with Crippen LogP contribution in [0.15, 0.2) is 170 Å². The van der Waals surface area contributed by atoms with E-state index in [1.54, 1.807) is 0 Å². The number of benzene rings is 9. The molecule has 0 aliphatic heterocycles. The molecule has 250 valence electrons. The van der Waals surface area contributed by atoms with Crippen LogP contribution in [0.2, 0.25) is 0 Å². The molecule has 53 heavy (non-hydrogen) atoms. The smallest absolute Gasteiger partial charge is 0.0159 e. The molecule has 0 nitrogen and oxygen atoms in total. The molecule has 0 heteroatoms. The van der Waals surface area contributed by atoms with Crippen molar-refractivity contribution in [2.75, 3.05) is 0 Å². The average molecular weight is 675 g/mol. The Kier molecular flexibility index (Phi) is 6.53. The highest BCUT2D eigenvalue weighted by Gasteiger charge is 2.36. The first kappa shape index (κ1) is 30.4. The van der Waals surface area contributed by atoms with Gasteiger partial charge >= 0.3 is 0 Å². The van der Waals surface area contributed by atoms with Crippen LogP contribution in [0.3, 0.4) is 0 Å². The minimum absolute atomic E-state index is 0.101. The Labute approximate surface area is 311 Å². The van der Waals surface area contributed by atoms with Crippen molar-refractivity contribution in [2.45, 2.75) is 32.1 Å². The van der Waals surface area contributed by atoms with Gasteiger partial charge in [0.05, 0.1) is 0 Å². The molecule has 2 aliphatic rings. The molecule has 0 spiro atoms. The van der Waals surface area contributed by atoms with Gasteiger partial charge in [0.2, 0.25) is 0 Å². The Morgan fingerprint density at radius 2 is 0.849 bits per heavy atom. The second-order valence-corrected chi connectivity index (χ2v) is 15.6. The van der Waals surface area contributed by atoms with Crippen LogP contribution in [-0.4, -0.2) is 0 Å². The molecular formula is C53H38. The van der Waals surface area contributed by atoms with E-state index in [0.29, 0.717) is 0 Å². The summed E-state index contributed by atoms with van der Waals surface area (Å²) in [6, 6.07) is 59.7. The summed E-state index contributed by atoms with van der Waals surface area (Å²) in [5.74, 6) is 0. The van der Waals surface area contributed by atoms with Crippen molar-refractivity contribution in [1.82, 2.24) is 0 Å². The summed E-state index contributed by atoms with van der Waals surface area (Å²) in [5.41, 5.74) is 18.5.